The van der Waals surface area contributed by atoms with Crippen LogP contribution in [0, 0.1) is 24.2 Å². The number of hydrogen-bond acceptors (Lipinski definition) is 8. The number of methoxy groups -OCH3 is 1. The molecule has 1 amide bonds. The fraction of sp³-hybridized carbons (Fsp3) is 0.263. The molecule has 10 heteroatoms. The van der Waals surface area contributed by atoms with Gasteiger partial charge in [-0.2, -0.15) is 5.26 Å². The molecule has 0 spiro atoms. The molecule has 1 aliphatic carbocycles. The summed E-state index contributed by atoms with van der Waals surface area (Å²) in [6.45, 7) is 1.83. The average molecular weight is 427 g/mol. The Kier molecular flexibility index (Phi) is 5.13. The van der Waals surface area contributed by atoms with Gasteiger partial charge in [0.1, 0.15) is 15.9 Å². The van der Waals surface area contributed by atoms with Gasteiger partial charge in [-0.25, -0.2) is 4.98 Å². The number of hydrogen-bond donors (Lipinski definition) is 1. The van der Waals surface area contributed by atoms with Crippen molar-refractivity contribution in [1.29, 1.82) is 5.26 Å². The zero-order valence-corrected chi connectivity index (χ0v) is 17.1. The number of nitrogens with one attached hydrogen (secondary N) is 1. The van der Waals surface area contributed by atoms with Gasteiger partial charge in [-0.15, -0.1) is 10.2 Å². The zero-order valence-electron chi connectivity index (χ0n) is 15.5. The number of anilines is 1. The second-order valence-corrected chi connectivity index (χ2v) is 7.95. The first-order chi connectivity index (χ1) is 14.0. The monoisotopic (exact) mass is 426 g/mol. The molecule has 0 unspecified atom stereocenters. The van der Waals surface area contributed by atoms with Crippen LogP contribution in [0.2, 0.25) is 5.15 Å². The summed E-state index contributed by atoms with van der Waals surface area (Å²) in [6, 6.07) is 5.66. The van der Waals surface area contributed by atoms with Gasteiger partial charge >= 0.3 is 0 Å². The van der Waals surface area contributed by atoms with Crippen LogP contribution in [0.1, 0.15) is 33.4 Å². The van der Waals surface area contributed by atoms with Crippen molar-refractivity contribution in [1.82, 2.24) is 20.2 Å². The summed E-state index contributed by atoms with van der Waals surface area (Å²) in [7, 11) is 1.53. The first-order valence-corrected chi connectivity index (χ1v) is 9.90. The van der Waals surface area contributed by atoms with Gasteiger partial charge in [-0.3, -0.25) is 15.1 Å². The Bertz CT molecular complexity index is 1140. The molecular formula is C19H15ClN6O2S. The average Bonchev–Trinajstić information content (AvgIpc) is 3.37. The Morgan fingerprint density at radius 3 is 2.86 bits per heavy atom. The van der Waals surface area contributed by atoms with Crippen molar-refractivity contribution in [2.45, 2.75) is 19.3 Å². The summed E-state index contributed by atoms with van der Waals surface area (Å²) < 4.78 is 5.39. The predicted octanol–water partition coefficient (Wildman–Crippen LogP) is 3.84. The van der Waals surface area contributed by atoms with Gasteiger partial charge in [-0.05, 0) is 25.5 Å². The van der Waals surface area contributed by atoms with Crippen molar-refractivity contribution in [3.05, 3.63) is 45.9 Å². The lowest BCUT2D eigenvalue weighted by Gasteiger charge is -2.13. The topological polar surface area (TPSA) is 114 Å². The summed E-state index contributed by atoms with van der Waals surface area (Å²) in [5, 5.41) is 21.3. The minimum Gasteiger partial charge on any atom is -0.494 e. The second kappa shape index (κ2) is 7.73. The molecule has 146 valence electrons. The van der Waals surface area contributed by atoms with Crippen LogP contribution >= 0.6 is 22.9 Å². The van der Waals surface area contributed by atoms with Gasteiger partial charge in [0.05, 0.1) is 30.9 Å². The third-order valence-corrected chi connectivity index (χ3v) is 5.74. The van der Waals surface area contributed by atoms with E-state index in [0.717, 1.165) is 17.1 Å². The fourth-order valence-corrected chi connectivity index (χ4v) is 4.04. The lowest BCUT2D eigenvalue weighted by Crippen LogP contribution is -2.14. The van der Waals surface area contributed by atoms with E-state index < -0.39 is 0 Å². The van der Waals surface area contributed by atoms with Crippen LogP contribution in [0.3, 0.4) is 0 Å². The van der Waals surface area contributed by atoms with Crippen molar-refractivity contribution < 1.29 is 9.53 Å². The quantitative estimate of drug-likeness (QED) is 0.616. The maximum Gasteiger partial charge on any atom is 0.259 e. The predicted molar refractivity (Wildman–Crippen MR) is 108 cm³/mol. The molecule has 29 heavy (non-hydrogen) atoms. The molecule has 3 aromatic heterocycles. The lowest BCUT2D eigenvalue weighted by molar-refractivity contribution is 0.102. The Morgan fingerprint density at radius 1 is 1.31 bits per heavy atom. The molecule has 1 aliphatic rings. The number of pyridine rings is 2. The molecule has 0 aliphatic heterocycles. The molecule has 1 saturated carbocycles. The Morgan fingerprint density at radius 2 is 2.14 bits per heavy atom. The molecule has 0 bridgehead atoms. The maximum absolute atomic E-state index is 13.0. The molecule has 0 saturated heterocycles. The van der Waals surface area contributed by atoms with Gasteiger partial charge in [0.2, 0.25) is 5.13 Å². The summed E-state index contributed by atoms with van der Waals surface area (Å²) >= 11 is 7.34. The van der Waals surface area contributed by atoms with Crippen LogP contribution in [-0.4, -0.2) is 33.2 Å². The van der Waals surface area contributed by atoms with E-state index in [2.05, 4.69) is 31.6 Å². The molecule has 4 rings (SSSR count). The number of carbonyl (C=O) groups is 1. The zero-order chi connectivity index (χ0) is 20.5. The molecule has 3 aromatic rings. The van der Waals surface area contributed by atoms with Crippen molar-refractivity contribution in [3.8, 4) is 22.9 Å². The number of carbonyl (C=O) groups excluding carboxylic acids is 1. The molecule has 3 heterocycles. The van der Waals surface area contributed by atoms with Crippen LogP contribution in [-0.2, 0) is 0 Å². The third-order valence-electron chi connectivity index (χ3n) is 4.56. The van der Waals surface area contributed by atoms with Crippen molar-refractivity contribution in [2.75, 3.05) is 12.4 Å². The number of halogens is 1. The Balaban J connectivity index is 1.65. The standard InChI is InChI=1S/C19H15ClN6O2S/c1-9-3-12(13-5-16(20)23-8-15(13)28-2)14(7-22-9)17(27)24-19-26-25-18(29-19)11-4-10(11)6-21/h3,5,7-8,10-11H,4H2,1-2H3,(H,24,26,27)/t10-,11+/m0/s1. The van der Waals surface area contributed by atoms with Crippen molar-refractivity contribution in [2.24, 2.45) is 5.92 Å². The van der Waals surface area contributed by atoms with E-state index in [0.29, 0.717) is 27.6 Å². The Labute approximate surface area is 175 Å². The van der Waals surface area contributed by atoms with Crippen molar-refractivity contribution >= 4 is 34.0 Å². The molecule has 0 aromatic carbocycles. The van der Waals surface area contributed by atoms with E-state index in [-0.39, 0.29) is 22.9 Å². The number of nitrogens with zero attached hydrogens (tertiary/aromatic N) is 5. The van der Waals surface area contributed by atoms with Crippen LogP contribution < -0.4 is 10.1 Å². The minimum absolute atomic E-state index is 0.0108. The van der Waals surface area contributed by atoms with Gasteiger partial charge < -0.3 is 4.74 Å². The summed E-state index contributed by atoms with van der Waals surface area (Å²) in [5.74, 6) is 0.215. The van der Waals surface area contributed by atoms with Crippen LogP contribution in [0.25, 0.3) is 11.1 Å². The van der Waals surface area contributed by atoms with E-state index in [9.17, 15) is 4.79 Å². The van der Waals surface area contributed by atoms with E-state index >= 15 is 0 Å². The molecule has 0 radical (unpaired) electrons. The number of amides is 1. The van der Waals surface area contributed by atoms with Crippen LogP contribution in [0.15, 0.2) is 24.5 Å². The molecule has 1 N–H and O–H groups in total. The second-order valence-electron chi connectivity index (χ2n) is 6.56. The Hall–Kier alpha value is -3.09. The van der Waals surface area contributed by atoms with Crippen molar-refractivity contribution in [3.63, 3.8) is 0 Å². The normalized spacial score (nSPS) is 17.4. The van der Waals surface area contributed by atoms with Gasteiger partial charge in [-0.1, -0.05) is 22.9 Å². The summed E-state index contributed by atoms with van der Waals surface area (Å²) in [4.78, 5) is 21.2. The third kappa shape index (κ3) is 3.90. The first kappa shape index (κ1) is 19.2. The number of nitriles is 1. The highest BCUT2D eigenvalue weighted by atomic mass is 35.5. The van der Waals surface area contributed by atoms with Gasteiger partial charge in [0, 0.05) is 28.9 Å². The SMILES string of the molecule is COc1cnc(Cl)cc1-c1cc(C)ncc1C(=O)Nc1nnc([C@@H]2C[C@H]2C#N)s1. The number of rotatable bonds is 5. The van der Waals surface area contributed by atoms with Crippen LogP contribution in [0.4, 0.5) is 5.13 Å². The number of aryl methyl sites for hydroxylation is 1. The molecule has 1 fully saturated rings. The van der Waals surface area contributed by atoms with Gasteiger partial charge in [0.25, 0.3) is 5.91 Å². The van der Waals surface area contributed by atoms with E-state index in [1.807, 2.05) is 6.92 Å². The van der Waals surface area contributed by atoms with Gasteiger partial charge in [0.15, 0.2) is 0 Å². The van der Waals surface area contributed by atoms with E-state index in [1.165, 1.54) is 30.8 Å². The van der Waals surface area contributed by atoms with Crippen LogP contribution in [0.5, 0.6) is 5.75 Å². The highest BCUT2D eigenvalue weighted by molar-refractivity contribution is 7.15. The highest BCUT2D eigenvalue weighted by Gasteiger charge is 2.41. The number of ether oxygens (including phenoxy) is 1. The minimum atomic E-state index is -0.377. The number of aromatic nitrogens is 4. The molecular weight excluding hydrogens is 412 g/mol. The maximum atomic E-state index is 13.0. The molecule has 8 nitrogen and oxygen atoms in total. The first-order valence-electron chi connectivity index (χ1n) is 8.71. The fourth-order valence-electron chi connectivity index (χ4n) is 2.96. The lowest BCUT2D eigenvalue weighted by atomic mass is 10.0. The molecule has 2 atom stereocenters. The smallest absolute Gasteiger partial charge is 0.259 e. The van der Waals surface area contributed by atoms with E-state index in [4.69, 9.17) is 21.6 Å². The summed E-state index contributed by atoms with van der Waals surface area (Å²) in [5.41, 5.74) is 2.33. The largest absolute Gasteiger partial charge is 0.494 e. The highest BCUT2D eigenvalue weighted by Crippen LogP contribution is 2.48. The van der Waals surface area contributed by atoms with E-state index in [1.54, 1.807) is 12.1 Å². The summed E-state index contributed by atoms with van der Waals surface area (Å²) in [6.07, 6.45) is 3.80.